The predicted molar refractivity (Wildman–Crippen MR) is 133 cm³/mol. The van der Waals surface area contributed by atoms with Crippen molar-refractivity contribution in [3.8, 4) is 0 Å². The monoisotopic (exact) mass is 458 g/mol. The van der Waals surface area contributed by atoms with Crippen LogP contribution in [0.4, 0.5) is 4.39 Å². The van der Waals surface area contributed by atoms with Crippen LogP contribution < -0.4 is 0 Å². The Hall–Kier alpha value is -1.44. The third-order valence-electron chi connectivity index (χ3n) is 5.85. The Labute approximate surface area is 186 Å². The van der Waals surface area contributed by atoms with Gasteiger partial charge in [-0.3, -0.25) is 4.90 Å². The molecule has 0 spiro atoms. The van der Waals surface area contributed by atoms with E-state index in [-0.39, 0.29) is 5.82 Å². The molecule has 2 nitrogen and oxygen atoms in total. The van der Waals surface area contributed by atoms with Gasteiger partial charge in [0.1, 0.15) is 20.0 Å². The number of piperidine rings is 1. The number of benzene rings is 2. The lowest BCUT2D eigenvalue weighted by Gasteiger charge is -2.34. The molecule has 0 aromatic heterocycles. The fourth-order valence-corrected chi connectivity index (χ4v) is 7.49. The summed E-state index contributed by atoms with van der Waals surface area (Å²) in [6.07, 6.45) is 7.71. The van der Waals surface area contributed by atoms with E-state index >= 15 is 0 Å². The first-order chi connectivity index (χ1) is 14.5. The van der Waals surface area contributed by atoms with E-state index in [0.717, 1.165) is 35.7 Å². The second kappa shape index (κ2) is 9.37. The summed E-state index contributed by atoms with van der Waals surface area (Å²) >= 11 is 1.84. The highest BCUT2D eigenvalue weighted by atomic mass is 32.2. The molecule has 0 amide bonds. The van der Waals surface area contributed by atoms with Crippen molar-refractivity contribution >= 4 is 40.3 Å². The molecule has 2 aromatic rings. The third kappa shape index (κ3) is 4.43. The normalized spacial score (nSPS) is 23.8. The van der Waals surface area contributed by atoms with Crippen LogP contribution in [0.2, 0.25) is 0 Å². The highest BCUT2D eigenvalue weighted by Crippen LogP contribution is 2.51. The van der Waals surface area contributed by atoms with Crippen molar-refractivity contribution in [1.29, 1.82) is 0 Å². The first-order valence-corrected chi connectivity index (χ1v) is 13.6. The van der Waals surface area contributed by atoms with Gasteiger partial charge in [-0.25, -0.2) is 4.39 Å². The van der Waals surface area contributed by atoms with Crippen molar-refractivity contribution in [1.82, 2.24) is 4.90 Å². The van der Waals surface area contributed by atoms with Crippen LogP contribution >= 0.6 is 28.2 Å². The van der Waals surface area contributed by atoms with Gasteiger partial charge in [0.15, 0.2) is 5.09 Å². The number of ether oxygens (including phenoxy) is 1. The minimum atomic E-state index is -0.691. The number of likely N-dealkylation sites (tertiary alicyclic amines) is 1. The van der Waals surface area contributed by atoms with Gasteiger partial charge in [-0.05, 0) is 25.1 Å². The van der Waals surface area contributed by atoms with Gasteiger partial charge in [0.05, 0.1) is 6.30 Å². The molecule has 2 heterocycles. The second-order valence-corrected chi connectivity index (χ2v) is 11.5. The fraction of sp³-hybridized carbons (Fsp3) is 0.333. The Morgan fingerprint density at radius 1 is 1.27 bits per heavy atom. The Morgan fingerprint density at radius 3 is 2.70 bits per heavy atom. The molecule has 4 atom stereocenters. The van der Waals surface area contributed by atoms with Crippen LogP contribution in [0.3, 0.4) is 0 Å². The summed E-state index contributed by atoms with van der Waals surface area (Å²) in [7, 11) is 2.96. The number of fused-ring (bicyclic) bond motifs is 1. The zero-order chi connectivity index (χ0) is 21.1. The summed E-state index contributed by atoms with van der Waals surface area (Å²) in [5, 5.41) is 0.939. The van der Waals surface area contributed by atoms with Crippen molar-refractivity contribution in [2.75, 3.05) is 19.8 Å². The fourth-order valence-electron chi connectivity index (χ4n) is 4.18. The molecule has 4 unspecified atom stereocenters. The van der Waals surface area contributed by atoms with Crippen LogP contribution in [-0.4, -0.2) is 42.0 Å². The van der Waals surface area contributed by atoms with Crippen LogP contribution in [0.25, 0.3) is 0 Å². The van der Waals surface area contributed by atoms with Crippen LogP contribution in [0.1, 0.15) is 17.5 Å². The molecule has 2 aliphatic rings. The molecule has 0 radical (unpaired) electrons. The lowest BCUT2D eigenvalue weighted by molar-refractivity contribution is 0.164. The zero-order valence-corrected chi connectivity index (χ0v) is 19.8. The maximum absolute atomic E-state index is 14.1. The number of hydrogen-bond donors (Lipinski definition) is 0. The maximum atomic E-state index is 14.1. The van der Waals surface area contributed by atoms with Crippen molar-refractivity contribution in [2.24, 2.45) is 5.92 Å². The Balaban J connectivity index is 1.50. The van der Waals surface area contributed by atoms with Crippen molar-refractivity contribution in [3.05, 3.63) is 82.7 Å². The minimum absolute atomic E-state index is 0.118. The highest BCUT2D eigenvalue weighted by Gasteiger charge is 2.45. The summed E-state index contributed by atoms with van der Waals surface area (Å²) in [5.74, 6) is 2.27. The van der Waals surface area contributed by atoms with Crippen molar-refractivity contribution < 1.29 is 9.13 Å². The van der Waals surface area contributed by atoms with E-state index in [1.807, 2.05) is 47.9 Å². The molecule has 2 aromatic carbocycles. The number of rotatable bonds is 7. The minimum Gasteiger partial charge on any atom is -0.434 e. The van der Waals surface area contributed by atoms with Gasteiger partial charge >= 0.3 is 5.34 Å². The average molecular weight is 458 g/mol. The van der Waals surface area contributed by atoms with Gasteiger partial charge < -0.3 is 4.74 Å². The molecular weight excluding hydrogens is 431 g/mol. The van der Waals surface area contributed by atoms with Gasteiger partial charge in [0, 0.05) is 41.2 Å². The van der Waals surface area contributed by atoms with Crippen molar-refractivity contribution in [2.45, 2.75) is 23.6 Å². The summed E-state index contributed by atoms with van der Waals surface area (Å²) < 4.78 is 20.7. The first kappa shape index (κ1) is 21.8. The largest absolute Gasteiger partial charge is 0.434 e. The van der Waals surface area contributed by atoms with Crippen LogP contribution in [0, 0.1) is 11.7 Å². The predicted octanol–water partition coefficient (Wildman–Crippen LogP) is 5.96. The molecule has 1 saturated heterocycles. The van der Waals surface area contributed by atoms with E-state index in [4.69, 9.17) is 4.74 Å². The number of nitrogens with zero attached hydrogens (tertiary/aromatic N) is 1. The van der Waals surface area contributed by atoms with Gasteiger partial charge in [0.25, 0.3) is 0 Å². The average Bonchev–Trinajstić information content (AvgIpc) is 3.15. The Kier molecular flexibility index (Phi) is 6.80. The molecular formula is C24H27FNOP2S+. The Morgan fingerprint density at radius 2 is 2.00 bits per heavy atom. The van der Waals surface area contributed by atoms with Crippen LogP contribution in [-0.2, 0) is 16.6 Å². The molecule has 0 bridgehead atoms. The summed E-state index contributed by atoms with van der Waals surface area (Å²) in [5.41, 5.74) is 1.88. The van der Waals surface area contributed by atoms with Gasteiger partial charge in [-0.1, -0.05) is 60.3 Å². The van der Waals surface area contributed by atoms with E-state index in [1.54, 1.807) is 12.1 Å². The summed E-state index contributed by atoms with van der Waals surface area (Å²) in [4.78, 5) is 2.36. The van der Waals surface area contributed by atoms with Gasteiger partial charge in [-0.2, -0.15) is 0 Å². The molecule has 30 heavy (non-hydrogen) atoms. The van der Waals surface area contributed by atoms with Gasteiger partial charge in [0.2, 0.25) is 0 Å². The standard InChI is InChI=1S/C24H27FNOP2S/c1-29(2)24(17-28,20-9-4-3-5-10-20)27-23-14-19-16-26(13-12-22(19)30-23)15-18-8-6-7-11-21(18)25/h3-11,14,17,19,22,28H,1,12-13,15-16H2,2H3/q+1. The third-order valence-corrected chi connectivity index (χ3v) is 9.45. The molecule has 1 fully saturated rings. The topological polar surface area (TPSA) is 12.5 Å². The second-order valence-electron chi connectivity index (χ2n) is 7.93. The SMILES string of the molecule is C=[P+](C)C(C=P)(OC1=CC2CN(Cc3ccccc3F)CCC2S1)c1ccccc1. The first-order valence-electron chi connectivity index (χ1n) is 10.2. The number of thioether (sulfide) groups is 1. The molecule has 156 valence electrons. The lowest BCUT2D eigenvalue weighted by atomic mass is 9.97. The van der Waals surface area contributed by atoms with Crippen molar-refractivity contribution in [3.63, 3.8) is 0 Å². The number of hydrogen-bond acceptors (Lipinski definition) is 3. The molecule has 2 aliphatic heterocycles. The molecule has 0 N–H and O–H groups in total. The van der Waals surface area contributed by atoms with E-state index < -0.39 is 12.9 Å². The molecule has 4 rings (SSSR count). The molecule has 0 aliphatic carbocycles. The van der Waals surface area contributed by atoms with Crippen LogP contribution in [0.15, 0.2) is 65.8 Å². The highest BCUT2D eigenvalue weighted by molar-refractivity contribution is 8.03. The van der Waals surface area contributed by atoms with E-state index in [9.17, 15) is 4.39 Å². The lowest BCUT2D eigenvalue weighted by Crippen LogP contribution is -2.39. The van der Waals surface area contributed by atoms with E-state index in [1.165, 1.54) is 0 Å². The van der Waals surface area contributed by atoms with E-state index in [0.29, 0.717) is 17.7 Å². The molecule has 0 saturated carbocycles. The van der Waals surface area contributed by atoms with Crippen LogP contribution in [0.5, 0.6) is 0 Å². The summed E-state index contributed by atoms with van der Waals surface area (Å²) in [6, 6.07) is 17.4. The van der Waals surface area contributed by atoms with E-state index in [2.05, 4.69) is 44.9 Å². The quantitative estimate of drug-likeness (QED) is 0.475. The van der Waals surface area contributed by atoms with Gasteiger partial charge in [-0.15, -0.1) is 8.86 Å². The molecule has 6 heteroatoms. The smallest absolute Gasteiger partial charge is 0.311 e. The summed E-state index contributed by atoms with van der Waals surface area (Å²) in [6.45, 7) is 4.71. The maximum Gasteiger partial charge on any atom is 0.311 e. The zero-order valence-electron chi connectivity index (χ0n) is 17.1. The Bertz CT molecular complexity index is 967. The number of halogens is 1.